The molecule has 0 aliphatic carbocycles. The molecule has 0 spiro atoms. The monoisotopic (exact) mass is 398 g/mol. The Morgan fingerprint density at radius 1 is 0.967 bits per heavy atom. The van der Waals surface area contributed by atoms with Crippen molar-refractivity contribution in [3.05, 3.63) is 88.0 Å². The van der Waals surface area contributed by atoms with Crippen molar-refractivity contribution in [1.82, 2.24) is 9.55 Å². The quantitative estimate of drug-likeness (QED) is 0.388. The highest BCUT2D eigenvalue weighted by Crippen LogP contribution is 2.18. The van der Waals surface area contributed by atoms with Gasteiger partial charge in [0.2, 0.25) is 0 Å². The van der Waals surface area contributed by atoms with Gasteiger partial charge in [0.05, 0.1) is 16.5 Å². The lowest BCUT2D eigenvalue weighted by Gasteiger charge is -2.08. The molecule has 0 amide bonds. The fourth-order valence-corrected chi connectivity index (χ4v) is 3.87. The summed E-state index contributed by atoms with van der Waals surface area (Å²) in [4.78, 5) is 42.0. The summed E-state index contributed by atoms with van der Waals surface area (Å²) in [6, 6.07) is 17.8. The zero-order valence-electron chi connectivity index (χ0n) is 16.1. The van der Waals surface area contributed by atoms with Crippen LogP contribution in [0.1, 0.15) is 33.0 Å². The van der Waals surface area contributed by atoms with E-state index in [0.29, 0.717) is 23.0 Å². The molecule has 0 atom stereocenters. The number of carbonyl (C=O) groups is 2. The molecule has 3 aromatic carbocycles. The van der Waals surface area contributed by atoms with Crippen molar-refractivity contribution in [2.45, 2.75) is 19.4 Å². The smallest absolute Gasteiger partial charge is 0.338 e. The second-order valence-electron chi connectivity index (χ2n) is 7.38. The lowest BCUT2D eigenvalue weighted by Crippen LogP contribution is -2.21. The number of ether oxygens (including phenoxy) is 1. The summed E-state index contributed by atoms with van der Waals surface area (Å²) >= 11 is 0. The molecule has 0 radical (unpaired) electrons. The van der Waals surface area contributed by atoms with E-state index in [-0.39, 0.29) is 23.5 Å². The highest BCUT2D eigenvalue weighted by Gasteiger charge is 2.18. The van der Waals surface area contributed by atoms with Gasteiger partial charge in [0.15, 0.2) is 12.4 Å². The average molecular weight is 398 g/mol. The number of rotatable bonds is 4. The van der Waals surface area contributed by atoms with Gasteiger partial charge in [-0.15, -0.1) is 0 Å². The Morgan fingerprint density at radius 2 is 1.77 bits per heavy atom. The second-order valence-corrected chi connectivity index (χ2v) is 7.38. The number of esters is 1. The molecule has 1 aliphatic heterocycles. The van der Waals surface area contributed by atoms with Gasteiger partial charge in [-0.2, -0.15) is 0 Å². The molecule has 148 valence electrons. The molecule has 30 heavy (non-hydrogen) atoms. The summed E-state index contributed by atoms with van der Waals surface area (Å²) in [5.74, 6) is -0.151. The Balaban J connectivity index is 1.34. The number of Topliss-reactive ketones (excluding diaryl/α,β-unsaturated/α-hetero) is 1. The molecule has 1 aliphatic rings. The number of fused-ring (bicyclic) bond motifs is 3. The third kappa shape index (κ3) is 3.16. The number of nitrogens with zero attached hydrogens (tertiary/aromatic N) is 2. The highest BCUT2D eigenvalue weighted by atomic mass is 16.5. The molecule has 5 rings (SSSR count). The maximum absolute atomic E-state index is 12.5. The van der Waals surface area contributed by atoms with Gasteiger partial charge in [-0.25, -0.2) is 9.78 Å². The minimum absolute atomic E-state index is 0.0844. The Labute approximate surface area is 171 Å². The predicted octanol–water partition coefficient (Wildman–Crippen LogP) is 3.54. The summed E-state index contributed by atoms with van der Waals surface area (Å²) in [6.07, 6.45) is 1.64. The number of aromatic nitrogens is 2. The van der Waals surface area contributed by atoms with Crippen LogP contribution in [0.5, 0.6) is 0 Å². The van der Waals surface area contributed by atoms with E-state index in [0.717, 1.165) is 29.4 Å². The van der Waals surface area contributed by atoms with E-state index in [9.17, 15) is 14.4 Å². The number of carbonyl (C=O) groups excluding carboxylic acids is 2. The third-order valence-electron chi connectivity index (χ3n) is 5.46. The molecule has 4 aromatic rings. The first kappa shape index (κ1) is 18.2. The zero-order valence-corrected chi connectivity index (χ0v) is 16.1. The van der Waals surface area contributed by atoms with Crippen molar-refractivity contribution in [3.8, 4) is 0 Å². The summed E-state index contributed by atoms with van der Waals surface area (Å²) in [6.45, 7) is 0.327. The minimum Gasteiger partial charge on any atom is -0.454 e. The van der Waals surface area contributed by atoms with Crippen LogP contribution in [0.4, 0.5) is 0 Å². The molecule has 0 N–H and O–H groups in total. The fraction of sp³-hybridized carbons (Fsp3) is 0.167. The Morgan fingerprint density at radius 3 is 2.63 bits per heavy atom. The third-order valence-corrected chi connectivity index (χ3v) is 5.46. The van der Waals surface area contributed by atoms with Crippen LogP contribution in [0.3, 0.4) is 0 Å². The first-order valence-electron chi connectivity index (χ1n) is 9.83. The van der Waals surface area contributed by atoms with Crippen molar-refractivity contribution in [2.75, 3.05) is 6.61 Å². The Hall–Kier alpha value is -3.80. The molecular formula is C24H18N2O4. The maximum atomic E-state index is 12.5. The van der Waals surface area contributed by atoms with Crippen molar-refractivity contribution in [3.63, 3.8) is 0 Å². The summed E-state index contributed by atoms with van der Waals surface area (Å²) in [5, 5.41) is 2.47. The molecule has 6 nitrogen and oxygen atoms in total. The fourth-order valence-electron chi connectivity index (χ4n) is 3.87. The Bertz CT molecular complexity index is 1390. The van der Waals surface area contributed by atoms with Gasteiger partial charge in [-0.3, -0.25) is 14.2 Å². The molecule has 0 saturated heterocycles. The average Bonchev–Trinajstić information content (AvgIpc) is 3.25. The second kappa shape index (κ2) is 7.22. The van der Waals surface area contributed by atoms with E-state index in [2.05, 4.69) is 4.98 Å². The SMILES string of the molecule is O=C(COC(=O)c1ccc2c(=O)n3c(nc2c1)CCC3)c1ccc2ccccc2c1. The van der Waals surface area contributed by atoms with Gasteiger partial charge in [-0.05, 0) is 41.5 Å². The van der Waals surface area contributed by atoms with Crippen LogP contribution in [-0.2, 0) is 17.7 Å². The van der Waals surface area contributed by atoms with E-state index in [1.807, 2.05) is 30.3 Å². The maximum Gasteiger partial charge on any atom is 0.338 e. The van der Waals surface area contributed by atoms with Crippen LogP contribution >= 0.6 is 0 Å². The molecule has 2 heterocycles. The molecule has 0 unspecified atom stereocenters. The lowest BCUT2D eigenvalue weighted by atomic mass is 10.0. The number of benzene rings is 3. The van der Waals surface area contributed by atoms with E-state index >= 15 is 0 Å². The van der Waals surface area contributed by atoms with Crippen LogP contribution in [-0.4, -0.2) is 27.9 Å². The first-order valence-corrected chi connectivity index (χ1v) is 9.83. The molecule has 0 saturated carbocycles. The highest BCUT2D eigenvalue weighted by molar-refractivity contribution is 6.02. The molecule has 6 heteroatoms. The van der Waals surface area contributed by atoms with E-state index < -0.39 is 5.97 Å². The van der Waals surface area contributed by atoms with Crippen LogP contribution in [0.25, 0.3) is 21.7 Å². The summed E-state index contributed by atoms with van der Waals surface area (Å²) in [7, 11) is 0. The summed E-state index contributed by atoms with van der Waals surface area (Å²) < 4.78 is 6.91. The predicted molar refractivity (Wildman–Crippen MR) is 113 cm³/mol. The van der Waals surface area contributed by atoms with E-state index in [1.54, 1.807) is 28.8 Å². The van der Waals surface area contributed by atoms with Crippen LogP contribution in [0.2, 0.25) is 0 Å². The minimum atomic E-state index is -0.617. The number of hydrogen-bond donors (Lipinski definition) is 0. The lowest BCUT2D eigenvalue weighted by molar-refractivity contribution is 0.0475. The van der Waals surface area contributed by atoms with Gasteiger partial charge in [0, 0.05) is 18.5 Å². The zero-order chi connectivity index (χ0) is 20.7. The largest absolute Gasteiger partial charge is 0.454 e. The van der Waals surface area contributed by atoms with Crippen molar-refractivity contribution in [1.29, 1.82) is 0 Å². The number of hydrogen-bond acceptors (Lipinski definition) is 5. The Kier molecular flexibility index (Phi) is 4.39. The van der Waals surface area contributed by atoms with E-state index in [4.69, 9.17) is 4.74 Å². The van der Waals surface area contributed by atoms with Gasteiger partial charge < -0.3 is 4.74 Å². The first-order chi connectivity index (χ1) is 14.6. The standard InChI is InChI=1S/C24H18N2O4/c27-21(17-8-7-15-4-1-2-5-16(15)12-17)14-30-24(29)18-9-10-19-20(13-18)25-22-6-3-11-26(22)23(19)28/h1-2,4-5,7-10,12-13H,3,6,11,14H2. The normalized spacial score (nSPS) is 12.8. The molecule has 1 aromatic heterocycles. The van der Waals surface area contributed by atoms with E-state index in [1.165, 1.54) is 6.07 Å². The van der Waals surface area contributed by atoms with Crippen molar-refractivity contribution >= 4 is 33.4 Å². The molecule has 0 bridgehead atoms. The van der Waals surface area contributed by atoms with Crippen LogP contribution in [0.15, 0.2) is 65.5 Å². The number of ketones is 1. The molecule has 0 fully saturated rings. The van der Waals surface area contributed by atoms with Gasteiger partial charge in [0.1, 0.15) is 5.82 Å². The van der Waals surface area contributed by atoms with Gasteiger partial charge in [-0.1, -0.05) is 36.4 Å². The van der Waals surface area contributed by atoms with Crippen LogP contribution < -0.4 is 5.56 Å². The van der Waals surface area contributed by atoms with Gasteiger partial charge in [0.25, 0.3) is 5.56 Å². The van der Waals surface area contributed by atoms with Crippen molar-refractivity contribution < 1.29 is 14.3 Å². The van der Waals surface area contributed by atoms with Crippen LogP contribution in [0, 0.1) is 0 Å². The number of aryl methyl sites for hydroxylation is 1. The molecular weight excluding hydrogens is 380 g/mol. The topological polar surface area (TPSA) is 78.3 Å². The van der Waals surface area contributed by atoms with Gasteiger partial charge >= 0.3 is 5.97 Å². The summed E-state index contributed by atoms with van der Waals surface area (Å²) in [5.41, 5.74) is 1.15. The van der Waals surface area contributed by atoms with Crippen molar-refractivity contribution in [2.24, 2.45) is 0 Å².